The van der Waals surface area contributed by atoms with Gasteiger partial charge in [-0.2, -0.15) is 4.31 Å². The zero-order chi connectivity index (χ0) is 21.8. The number of piperidine rings is 1. The van der Waals surface area contributed by atoms with E-state index in [-0.39, 0.29) is 23.7 Å². The van der Waals surface area contributed by atoms with Crippen molar-refractivity contribution in [3.8, 4) is 0 Å². The van der Waals surface area contributed by atoms with Crippen LogP contribution in [0.2, 0.25) is 0 Å². The molecule has 0 aliphatic carbocycles. The number of hydrogen-bond donors (Lipinski definition) is 0. The molecule has 2 saturated heterocycles. The van der Waals surface area contributed by atoms with Crippen LogP contribution in [0, 0.1) is 11.7 Å². The molecule has 1 aromatic heterocycles. The fourth-order valence-corrected chi connectivity index (χ4v) is 6.88. The van der Waals surface area contributed by atoms with Gasteiger partial charge >= 0.3 is 0 Å². The lowest BCUT2D eigenvalue weighted by molar-refractivity contribution is -0.139. The van der Waals surface area contributed by atoms with Crippen molar-refractivity contribution in [3.63, 3.8) is 0 Å². The van der Waals surface area contributed by atoms with Crippen LogP contribution >= 0.6 is 11.3 Å². The van der Waals surface area contributed by atoms with E-state index in [1.807, 2.05) is 6.07 Å². The van der Waals surface area contributed by atoms with Crippen molar-refractivity contribution < 1.29 is 22.3 Å². The molecule has 168 valence electrons. The molecule has 1 unspecified atom stereocenters. The van der Waals surface area contributed by atoms with Crippen LogP contribution in [0.3, 0.4) is 0 Å². The lowest BCUT2D eigenvalue weighted by atomic mass is 9.96. The summed E-state index contributed by atoms with van der Waals surface area (Å²) in [5, 5.41) is 1.75. The Labute approximate surface area is 186 Å². The van der Waals surface area contributed by atoms with Crippen LogP contribution < -0.4 is 0 Å². The first-order valence-corrected chi connectivity index (χ1v) is 12.9. The average molecular weight is 467 g/mol. The van der Waals surface area contributed by atoms with Crippen LogP contribution in [0.15, 0.2) is 46.0 Å². The van der Waals surface area contributed by atoms with E-state index >= 15 is 0 Å². The number of amides is 1. The molecule has 9 heteroatoms. The standard InChI is InChI=1S/C22H27FN2O4S2/c23-19-5-1-4-17(14-19)15-24(16-20-6-2-12-29-20)22(26)18-8-10-25(11-9-18)31(27,28)21-7-3-13-30-21/h1,3-5,7,13-14,18,20H,2,6,8-12,15-16H2. The first kappa shape index (κ1) is 22.4. The van der Waals surface area contributed by atoms with E-state index in [2.05, 4.69) is 0 Å². The molecule has 2 aromatic rings. The molecule has 0 spiro atoms. The van der Waals surface area contributed by atoms with Crippen molar-refractivity contribution in [2.75, 3.05) is 26.2 Å². The maximum absolute atomic E-state index is 13.7. The summed E-state index contributed by atoms with van der Waals surface area (Å²) in [6.45, 7) is 2.15. The molecule has 4 rings (SSSR count). The lowest BCUT2D eigenvalue weighted by Crippen LogP contribution is -2.45. The molecule has 6 nitrogen and oxygen atoms in total. The summed E-state index contributed by atoms with van der Waals surface area (Å²) >= 11 is 1.21. The third kappa shape index (κ3) is 5.34. The van der Waals surface area contributed by atoms with Gasteiger partial charge in [0.25, 0.3) is 10.0 Å². The first-order valence-electron chi connectivity index (χ1n) is 10.6. The minimum Gasteiger partial charge on any atom is -0.376 e. The predicted molar refractivity (Wildman–Crippen MR) is 117 cm³/mol. The minimum absolute atomic E-state index is 0.00296. The highest BCUT2D eigenvalue weighted by molar-refractivity contribution is 7.91. The maximum Gasteiger partial charge on any atom is 0.252 e. The summed E-state index contributed by atoms with van der Waals surface area (Å²) in [5.74, 6) is -0.577. The Morgan fingerprint density at radius 3 is 2.65 bits per heavy atom. The van der Waals surface area contributed by atoms with E-state index in [0.29, 0.717) is 49.8 Å². The second kappa shape index (κ2) is 9.77. The number of carbonyl (C=O) groups is 1. The number of ether oxygens (including phenoxy) is 1. The van der Waals surface area contributed by atoms with Crippen LogP contribution in [-0.4, -0.2) is 55.9 Å². The SMILES string of the molecule is O=C(C1CCN(S(=O)(=O)c2cccs2)CC1)N(Cc1cccc(F)c1)CC1CCCO1. The predicted octanol–water partition coefficient (Wildman–Crippen LogP) is 3.50. The van der Waals surface area contributed by atoms with Gasteiger partial charge in [0.1, 0.15) is 10.0 Å². The maximum atomic E-state index is 13.7. The first-order chi connectivity index (χ1) is 14.9. The Bertz CT molecular complexity index is 983. The zero-order valence-corrected chi connectivity index (χ0v) is 18.9. The molecule has 3 heterocycles. The number of halogens is 1. The van der Waals surface area contributed by atoms with Gasteiger partial charge in [0.05, 0.1) is 6.10 Å². The fraction of sp³-hybridized carbons (Fsp3) is 0.500. The number of hydrogen-bond acceptors (Lipinski definition) is 5. The van der Waals surface area contributed by atoms with Crippen molar-refractivity contribution in [3.05, 3.63) is 53.2 Å². The fourth-order valence-electron chi connectivity index (χ4n) is 4.26. The molecule has 1 amide bonds. The number of rotatable bonds is 7. The van der Waals surface area contributed by atoms with E-state index < -0.39 is 10.0 Å². The molecule has 0 N–H and O–H groups in total. The highest BCUT2D eigenvalue weighted by Crippen LogP contribution is 2.28. The van der Waals surface area contributed by atoms with E-state index in [9.17, 15) is 17.6 Å². The van der Waals surface area contributed by atoms with Gasteiger partial charge in [0, 0.05) is 38.7 Å². The van der Waals surface area contributed by atoms with Crippen LogP contribution in [0.1, 0.15) is 31.2 Å². The Hall–Kier alpha value is -1.81. The van der Waals surface area contributed by atoms with Crippen molar-refractivity contribution in [1.29, 1.82) is 0 Å². The van der Waals surface area contributed by atoms with Crippen molar-refractivity contribution in [1.82, 2.24) is 9.21 Å². The monoisotopic (exact) mass is 466 g/mol. The number of benzene rings is 1. The topological polar surface area (TPSA) is 66.9 Å². The van der Waals surface area contributed by atoms with Gasteiger partial charge in [-0.15, -0.1) is 11.3 Å². The molecular weight excluding hydrogens is 439 g/mol. The summed E-state index contributed by atoms with van der Waals surface area (Å²) < 4.78 is 46.7. The molecule has 0 bridgehead atoms. The van der Waals surface area contributed by atoms with Crippen LogP contribution in [0.25, 0.3) is 0 Å². The summed E-state index contributed by atoms with van der Waals surface area (Å²) in [5.41, 5.74) is 0.740. The van der Waals surface area contributed by atoms with E-state index in [1.54, 1.807) is 28.5 Å². The number of thiophene rings is 1. The van der Waals surface area contributed by atoms with Crippen LogP contribution in [0.5, 0.6) is 0 Å². The Kier molecular flexibility index (Phi) is 7.05. The third-order valence-electron chi connectivity index (χ3n) is 5.91. The van der Waals surface area contributed by atoms with Crippen molar-refractivity contribution >= 4 is 27.3 Å². The number of carbonyl (C=O) groups excluding carboxylic acids is 1. The quantitative estimate of drug-likeness (QED) is 0.627. The van der Waals surface area contributed by atoms with Gasteiger partial charge in [-0.05, 0) is 54.8 Å². The molecule has 1 atom stereocenters. The molecule has 2 fully saturated rings. The van der Waals surface area contributed by atoms with E-state index in [1.165, 1.54) is 27.8 Å². The van der Waals surface area contributed by atoms with Gasteiger partial charge < -0.3 is 9.64 Å². The van der Waals surface area contributed by atoms with Gasteiger partial charge in [-0.25, -0.2) is 12.8 Å². The smallest absolute Gasteiger partial charge is 0.252 e. The molecule has 0 radical (unpaired) electrons. The van der Waals surface area contributed by atoms with Gasteiger partial charge in [0.2, 0.25) is 5.91 Å². The number of nitrogens with zero attached hydrogens (tertiary/aromatic N) is 2. The summed E-state index contributed by atoms with van der Waals surface area (Å²) in [4.78, 5) is 15.1. The molecule has 2 aliphatic rings. The molecule has 0 saturated carbocycles. The zero-order valence-electron chi connectivity index (χ0n) is 17.3. The largest absolute Gasteiger partial charge is 0.376 e. The van der Waals surface area contributed by atoms with Gasteiger partial charge in [-0.3, -0.25) is 4.79 Å². The molecule has 31 heavy (non-hydrogen) atoms. The van der Waals surface area contributed by atoms with Crippen molar-refractivity contribution in [2.24, 2.45) is 5.92 Å². The Morgan fingerprint density at radius 1 is 1.19 bits per heavy atom. The summed E-state index contributed by atoms with van der Waals surface area (Å²) in [7, 11) is -3.49. The minimum atomic E-state index is -3.49. The van der Waals surface area contributed by atoms with E-state index in [0.717, 1.165) is 18.4 Å². The highest BCUT2D eigenvalue weighted by atomic mass is 32.2. The summed E-state index contributed by atoms with van der Waals surface area (Å²) in [6.07, 6.45) is 2.84. The van der Waals surface area contributed by atoms with E-state index in [4.69, 9.17) is 4.74 Å². The van der Waals surface area contributed by atoms with Crippen molar-refractivity contribution in [2.45, 2.75) is 42.5 Å². The second-order valence-electron chi connectivity index (χ2n) is 8.09. The Balaban J connectivity index is 1.43. The molecular formula is C22H27FN2O4S2. The molecule has 2 aliphatic heterocycles. The molecule has 1 aromatic carbocycles. The van der Waals surface area contributed by atoms with Crippen LogP contribution in [-0.2, 0) is 26.1 Å². The van der Waals surface area contributed by atoms with Gasteiger partial charge in [0.15, 0.2) is 0 Å². The third-order valence-corrected chi connectivity index (χ3v) is 9.19. The highest BCUT2D eigenvalue weighted by Gasteiger charge is 2.35. The average Bonchev–Trinajstić information content (AvgIpc) is 3.47. The Morgan fingerprint density at radius 2 is 2.00 bits per heavy atom. The van der Waals surface area contributed by atoms with Crippen LogP contribution in [0.4, 0.5) is 4.39 Å². The number of sulfonamides is 1. The summed E-state index contributed by atoms with van der Waals surface area (Å²) in [6, 6.07) is 9.64. The lowest BCUT2D eigenvalue weighted by Gasteiger charge is -2.34. The van der Waals surface area contributed by atoms with Gasteiger partial charge in [-0.1, -0.05) is 18.2 Å². The second-order valence-corrected chi connectivity index (χ2v) is 11.2. The normalized spacial score (nSPS) is 20.7.